The Bertz CT molecular complexity index is 4020. The average Bonchev–Trinajstić information content (AvgIpc) is 1.66. The van der Waals surface area contributed by atoms with Crippen LogP contribution in [0.25, 0.3) is 42.9 Å². The van der Waals surface area contributed by atoms with Crippen molar-refractivity contribution in [3.8, 4) is 34.0 Å². The number of anilines is 1. The lowest BCUT2D eigenvalue weighted by molar-refractivity contribution is -0.275. The lowest BCUT2D eigenvalue weighted by Crippen LogP contribution is -2.38. The minimum absolute atomic E-state index is 0.0697. The lowest BCUT2D eigenvalue weighted by Gasteiger charge is -2.31. The van der Waals surface area contributed by atoms with Gasteiger partial charge in [-0.2, -0.15) is 13.2 Å². The van der Waals surface area contributed by atoms with E-state index >= 15 is 0 Å². The van der Waals surface area contributed by atoms with Gasteiger partial charge >= 0.3 is 36.8 Å². The molecule has 0 amide bonds. The van der Waals surface area contributed by atoms with Crippen molar-refractivity contribution in [2.75, 3.05) is 32.2 Å². The van der Waals surface area contributed by atoms with Crippen LogP contribution in [0.3, 0.4) is 0 Å². The number of rotatable bonds is 15. The smallest absolute Gasteiger partial charge is 0.475 e. The zero-order valence-electron chi connectivity index (χ0n) is 48.1. The SMILES string of the molecule is COC(=O)c1cc(F)c2nc(Br)sc2c1.COC(=O)c1cc(F)c2nc(N3C[C@@H]4C[C@H]3C[C@H]4OCc3c(-c4ccccc4OC(F)(F)F)noc3C3CC3)sc2c1.FC(F)(F)Oc1ccccc1-c1noc(C2CC2)c1CO[C@@H]1C[C@@H]2C[C@H]1CN2.O=C(O)C(F)(F)F. The van der Waals surface area contributed by atoms with Crippen LogP contribution in [0.1, 0.15) is 107 Å². The first-order chi connectivity index (χ1) is 43.7. The van der Waals surface area contributed by atoms with Crippen LogP contribution in [0.5, 0.6) is 11.5 Å². The van der Waals surface area contributed by atoms with E-state index in [1.807, 2.05) is 0 Å². The van der Waals surface area contributed by atoms with Crippen molar-refractivity contribution in [2.45, 2.75) is 120 Å². The summed E-state index contributed by atoms with van der Waals surface area (Å²) < 4.78 is 181. The molecule has 4 aromatic heterocycles. The van der Waals surface area contributed by atoms with Crippen LogP contribution in [-0.4, -0.2) is 114 Å². The van der Waals surface area contributed by atoms with Crippen molar-refractivity contribution < 1.29 is 105 Å². The molecule has 6 fully saturated rings. The molecule has 8 aromatic rings. The Labute approximate surface area is 530 Å². The number of hydrogen-bond acceptors (Lipinski definition) is 19. The number of nitrogens with zero attached hydrogens (tertiary/aromatic N) is 5. The maximum atomic E-state index is 14.7. The van der Waals surface area contributed by atoms with E-state index in [9.17, 15) is 57.9 Å². The number of methoxy groups -OCH3 is 2. The molecule has 14 rings (SSSR count). The van der Waals surface area contributed by atoms with E-state index in [0.29, 0.717) is 66.3 Å². The van der Waals surface area contributed by atoms with Gasteiger partial charge in [-0.15, -0.1) is 37.7 Å². The number of aromatic nitrogens is 4. The zero-order valence-corrected chi connectivity index (χ0v) is 51.3. The Kier molecular flexibility index (Phi) is 19.2. The Balaban J connectivity index is 0.000000148. The van der Waals surface area contributed by atoms with E-state index in [-0.39, 0.29) is 87.4 Å². The Hall–Kier alpha value is -7.52. The largest absolute Gasteiger partial charge is 0.573 e. The van der Waals surface area contributed by atoms with Crippen molar-refractivity contribution in [3.63, 3.8) is 0 Å². The molecule has 0 radical (unpaired) electrons. The number of aliphatic carboxylic acids is 1. The second kappa shape index (κ2) is 26.8. The fraction of sp³-hybridized carbons (Fsp3) is 0.417. The molecule has 6 atom stereocenters. The Morgan fingerprint density at radius 1 is 0.663 bits per heavy atom. The molecule has 490 valence electrons. The number of hydrogen-bond donors (Lipinski definition) is 2. The van der Waals surface area contributed by atoms with Crippen LogP contribution >= 0.6 is 38.6 Å². The third-order valence-electron chi connectivity index (χ3n) is 16.1. The molecule has 92 heavy (non-hydrogen) atoms. The number of piperidine rings is 2. The number of thiazole rings is 2. The predicted molar refractivity (Wildman–Crippen MR) is 310 cm³/mol. The molecule has 0 unspecified atom stereocenters. The van der Waals surface area contributed by atoms with Crippen molar-refractivity contribution >= 4 is 82.1 Å². The Morgan fingerprint density at radius 3 is 1.57 bits per heavy atom. The quantitative estimate of drug-likeness (QED) is 0.0720. The predicted octanol–water partition coefficient (Wildman–Crippen LogP) is 14.8. The number of ether oxygens (including phenoxy) is 6. The molecule has 32 heteroatoms. The average molecular weight is 1400 g/mol. The number of para-hydroxylation sites is 2. The molecule has 6 heterocycles. The summed E-state index contributed by atoms with van der Waals surface area (Å²) in [6.45, 7) is 2.08. The van der Waals surface area contributed by atoms with Crippen molar-refractivity contribution in [3.05, 3.63) is 122 Å². The lowest BCUT2D eigenvalue weighted by atomic mass is 10.0. The summed E-state index contributed by atoms with van der Waals surface area (Å²) in [6.07, 6.45) is -7.05. The van der Waals surface area contributed by atoms with E-state index in [2.05, 4.69) is 60.6 Å². The van der Waals surface area contributed by atoms with Gasteiger partial charge in [0, 0.05) is 65.2 Å². The third kappa shape index (κ3) is 15.3. The first-order valence-corrected chi connectivity index (χ1v) is 30.9. The minimum atomic E-state index is -5.08. The highest BCUT2D eigenvalue weighted by Gasteiger charge is 2.48. The first-order valence-electron chi connectivity index (χ1n) is 28.4. The number of carbonyl (C=O) groups is 3. The number of halogens is 12. The van der Waals surface area contributed by atoms with E-state index in [1.54, 1.807) is 30.3 Å². The normalized spacial score (nSPS) is 20.7. The minimum Gasteiger partial charge on any atom is -0.475 e. The van der Waals surface area contributed by atoms with Crippen LogP contribution in [0.2, 0.25) is 0 Å². The van der Waals surface area contributed by atoms with Crippen LogP contribution in [0, 0.1) is 23.5 Å². The number of nitrogens with one attached hydrogen (secondary N) is 1. The molecule has 4 bridgehead atoms. The molecule has 2 N–H and O–H groups in total. The molecule has 2 saturated heterocycles. The highest BCUT2D eigenvalue weighted by molar-refractivity contribution is 9.11. The summed E-state index contributed by atoms with van der Waals surface area (Å²) in [4.78, 5) is 42.6. The first kappa shape index (κ1) is 66.0. The molecular weight excluding hydrogens is 1350 g/mol. The van der Waals surface area contributed by atoms with Crippen LogP contribution in [0.15, 0.2) is 85.8 Å². The number of carboxylic acids is 1. The second-order valence-corrected chi connectivity index (χ2v) is 25.6. The Morgan fingerprint density at radius 2 is 1.14 bits per heavy atom. The summed E-state index contributed by atoms with van der Waals surface area (Å²) in [5.74, 6) is -3.10. The molecule has 6 aliphatic rings. The molecule has 18 nitrogen and oxygen atoms in total. The summed E-state index contributed by atoms with van der Waals surface area (Å²) in [7, 11) is 2.51. The highest BCUT2D eigenvalue weighted by Crippen LogP contribution is 2.50. The topological polar surface area (TPSA) is 220 Å². The third-order valence-corrected chi connectivity index (χ3v) is 18.6. The maximum absolute atomic E-state index is 14.7. The maximum Gasteiger partial charge on any atom is 0.573 e. The van der Waals surface area contributed by atoms with Crippen molar-refractivity contribution in [1.82, 2.24) is 25.6 Å². The summed E-state index contributed by atoms with van der Waals surface area (Å²) in [5.41, 5.74) is 3.35. The molecular formula is C60H52BrF11N6O12S2. The summed E-state index contributed by atoms with van der Waals surface area (Å²) in [5, 5.41) is 19.5. The van der Waals surface area contributed by atoms with Gasteiger partial charge in [0.2, 0.25) is 0 Å². The van der Waals surface area contributed by atoms with Gasteiger partial charge in [-0.1, -0.05) is 45.9 Å². The molecule has 0 spiro atoms. The van der Waals surface area contributed by atoms with Gasteiger partial charge in [0.15, 0.2) is 20.7 Å². The number of carbonyl (C=O) groups excluding carboxylic acids is 2. The van der Waals surface area contributed by atoms with Gasteiger partial charge in [0.05, 0.1) is 60.2 Å². The van der Waals surface area contributed by atoms with E-state index in [4.69, 9.17) is 33.2 Å². The van der Waals surface area contributed by atoms with Crippen LogP contribution in [0.4, 0.5) is 53.4 Å². The van der Waals surface area contributed by atoms with Gasteiger partial charge < -0.3 is 52.8 Å². The molecule has 4 aromatic carbocycles. The molecule has 2 aliphatic heterocycles. The monoisotopic (exact) mass is 1400 g/mol. The standard InChI is InChI=1S/C29H25F4N3O5S.C20H21F3N2O3.C9H5BrFNO2S.C2HF3O2/c1-38-27(37)15-9-20(30)25-23(10-15)42-28(34-25)36-12-16-8-17(36)11-22(16)39-13-19-24(35-41-26(19)14-6-7-14)18-4-2-3-5-21(18)40-29(31,32)33;21-20(22,23)27-16-4-2-1-3-14(16)18-15(19(28-25-18)11-5-6-11)10-26-17-8-13-7-12(17)9-24-13;1-14-8(13)4-2-5(11)7-6(3-4)15-9(10)12-7;3-2(4,5)1(6)7/h2-5,9-10,14,16-17,22H,6-8,11-13H2,1H3;1-4,11-13,17,24H,5-10H2;2-3H,1H3;(H,6,7)/t16-,17-,22+;12-,13-,17+;;/m00../s1. The van der Waals surface area contributed by atoms with Crippen molar-refractivity contribution in [2.24, 2.45) is 11.8 Å². The van der Waals surface area contributed by atoms with Crippen molar-refractivity contribution in [1.29, 1.82) is 0 Å². The van der Waals surface area contributed by atoms with Crippen LogP contribution < -0.4 is 19.7 Å². The number of fused-ring (bicyclic) bond motifs is 6. The summed E-state index contributed by atoms with van der Waals surface area (Å²) in [6, 6.07) is 18.0. The second-order valence-electron chi connectivity index (χ2n) is 22.3. The van der Waals surface area contributed by atoms with Gasteiger partial charge in [-0.3, -0.25) is 0 Å². The number of carboxylic acid groups (broad SMARTS) is 1. The van der Waals surface area contributed by atoms with Gasteiger partial charge in [0.25, 0.3) is 0 Å². The number of benzene rings is 4. The number of esters is 2. The zero-order chi connectivity index (χ0) is 65.6. The molecule has 4 saturated carbocycles. The van der Waals surface area contributed by atoms with Gasteiger partial charge in [-0.05, 0) is 122 Å². The van der Waals surface area contributed by atoms with Gasteiger partial charge in [-0.25, -0.2) is 33.1 Å². The fourth-order valence-electron chi connectivity index (χ4n) is 11.7. The van der Waals surface area contributed by atoms with Gasteiger partial charge in [0.1, 0.15) is 45.4 Å². The van der Waals surface area contributed by atoms with E-state index in [0.717, 1.165) is 81.4 Å². The number of alkyl halides is 9. The highest BCUT2D eigenvalue weighted by atomic mass is 79.9. The molecule has 4 aliphatic carbocycles. The van der Waals surface area contributed by atoms with Crippen LogP contribution in [-0.2, 0) is 37.0 Å². The van der Waals surface area contributed by atoms with E-state index < -0.39 is 48.4 Å². The fourth-order valence-corrected chi connectivity index (χ4v) is 14.2. The summed E-state index contributed by atoms with van der Waals surface area (Å²) >= 11 is 5.76. The van der Waals surface area contributed by atoms with E-state index in [1.165, 1.54) is 67.2 Å².